The minimum absolute atomic E-state index is 0.0694. The summed E-state index contributed by atoms with van der Waals surface area (Å²) < 4.78 is 0. The maximum atomic E-state index is 11.8. The molecule has 0 aliphatic heterocycles. The smallest absolute Gasteiger partial charge is 0.223 e. The summed E-state index contributed by atoms with van der Waals surface area (Å²) in [5.41, 5.74) is -0.952. The highest BCUT2D eigenvalue weighted by Gasteiger charge is 2.23. The van der Waals surface area contributed by atoms with Crippen molar-refractivity contribution < 1.29 is 14.7 Å². The maximum Gasteiger partial charge on any atom is 0.223 e. The third-order valence-corrected chi connectivity index (χ3v) is 3.70. The molecule has 0 saturated heterocycles. The number of amides is 2. The number of carbonyl (C=O) groups excluding carboxylic acids is 2. The lowest BCUT2D eigenvalue weighted by atomic mass is 10.1. The average Bonchev–Trinajstić information content (AvgIpc) is 2.88. The Morgan fingerprint density at radius 2 is 1.86 bits per heavy atom. The maximum absolute atomic E-state index is 11.8. The Morgan fingerprint density at radius 1 is 1.24 bits per heavy atom. The van der Waals surface area contributed by atoms with E-state index in [-0.39, 0.29) is 30.7 Å². The van der Waals surface area contributed by atoms with Gasteiger partial charge >= 0.3 is 0 Å². The van der Waals surface area contributed by atoms with Crippen LogP contribution in [-0.2, 0) is 9.59 Å². The van der Waals surface area contributed by atoms with Gasteiger partial charge in [0.25, 0.3) is 0 Å². The van der Waals surface area contributed by atoms with Gasteiger partial charge in [0.15, 0.2) is 0 Å². The Labute approximate surface area is 127 Å². The molecule has 0 radical (unpaired) electrons. The molecule has 1 unspecified atom stereocenters. The van der Waals surface area contributed by atoms with E-state index in [0.717, 1.165) is 25.7 Å². The van der Waals surface area contributed by atoms with Gasteiger partial charge in [-0.15, -0.1) is 0 Å². The molecule has 3 N–H and O–H groups in total. The number of hydrogen-bond donors (Lipinski definition) is 3. The van der Waals surface area contributed by atoms with Crippen molar-refractivity contribution in [3.8, 4) is 0 Å². The second-order valence-electron chi connectivity index (χ2n) is 6.53. The second kappa shape index (κ2) is 8.34. The zero-order valence-electron chi connectivity index (χ0n) is 13.4. The van der Waals surface area contributed by atoms with E-state index in [0.29, 0.717) is 13.1 Å². The van der Waals surface area contributed by atoms with Crippen LogP contribution in [0.5, 0.6) is 0 Å². The predicted octanol–water partition coefficient (Wildman–Crippen LogP) is 0.112. The van der Waals surface area contributed by atoms with E-state index in [1.54, 1.807) is 6.92 Å². The van der Waals surface area contributed by atoms with Crippen LogP contribution in [0.15, 0.2) is 0 Å². The van der Waals surface area contributed by atoms with Crippen molar-refractivity contribution in [3.05, 3.63) is 0 Å². The minimum Gasteiger partial charge on any atom is -0.387 e. The van der Waals surface area contributed by atoms with Gasteiger partial charge in [-0.05, 0) is 33.9 Å². The number of hydrogen-bond acceptors (Lipinski definition) is 4. The molecule has 1 aliphatic carbocycles. The monoisotopic (exact) mass is 299 g/mol. The highest BCUT2D eigenvalue weighted by Crippen LogP contribution is 2.24. The summed E-state index contributed by atoms with van der Waals surface area (Å²) in [5.74, 6) is 0.0505. The first-order valence-corrected chi connectivity index (χ1v) is 7.72. The Morgan fingerprint density at radius 3 is 2.43 bits per heavy atom. The second-order valence-corrected chi connectivity index (χ2v) is 6.53. The van der Waals surface area contributed by atoms with Crippen LogP contribution >= 0.6 is 0 Å². The summed E-state index contributed by atoms with van der Waals surface area (Å²) in [6, 6.07) is 0. The number of carbonyl (C=O) groups is 2. The lowest BCUT2D eigenvalue weighted by Gasteiger charge is -2.27. The van der Waals surface area contributed by atoms with Crippen LogP contribution in [0.25, 0.3) is 0 Å². The van der Waals surface area contributed by atoms with Crippen LogP contribution in [0.2, 0.25) is 0 Å². The van der Waals surface area contributed by atoms with Crippen molar-refractivity contribution in [1.29, 1.82) is 0 Å². The molecule has 1 saturated carbocycles. The van der Waals surface area contributed by atoms with E-state index in [1.165, 1.54) is 0 Å². The third-order valence-electron chi connectivity index (χ3n) is 3.70. The summed E-state index contributed by atoms with van der Waals surface area (Å²) in [7, 11) is 3.74. The van der Waals surface area contributed by atoms with Crippen LogP contribution in [0, 0.1) is 5.92 Å². The van der Waals surface area contributed by atoms with Crippen molar-refractivity contribution in [2.45, 2.75) is 44.6 Å². The van der Waals surface area contributed by atoms with Crippen molar-refractivity contribution in [1.82, 2.24) is 15.5 Å². The molecule has 0 heterocycles. The fourth-order valence-corrected chi connectivity index (χ4v) is 2.75. The molecule has 0 aromatic rings. The van der Waals surface area contributed by atoms with E-state index in [2.05, 4.69) is 10.6 Å². The molecule has 21 heavy (non-hydrogen) atoms. The van der Waals surface area contributed by atoms with Gasteiger partial charge in [-0.2, -0.15) is 0 Å². The van der Waals surface area contributed by atoms with Gasteiger partial charge in [-0.25, -0.2) is 0 Å². The van der Waals surface area contributed by atoms with Crippen LogP contribution in [0.3, 0.4) is 0 Å². The fraction of sp³-hybridized carbons (Fsp3) is 0.867. The molecular formula is C15H29N3O3. The van der Waals surface area contributed by atoms with Gasteiger partial charge in [0.1, 0.15) is 0 Å². The Hall–Kier alpha value is -1.14. The molecule has 0 spiro atoms. The van der Waals surface area contributed by atoms with Gasteiger partial charge in [-0.3, -0.25) is 9.59 Å². The highest BCUT2D eigenvalue weighted by atomic mass is 16.3. The lowest BCUT2D eigenvalue weighted by Crippen LogP contribution is -2.47. The van der Waals surface area contributed by atoms with E-state index in [9.17, 15) is 14.7 Å². The van der Waals surface area contributed by atoms with Crippen molar-refractivity contribution in [2.75, 3.05) is 33.7 Å². The predicted molar refractivity (Wildman–Crippen MR) is 81.8 cm³/mol. The van der Waals surface area contributed by atoms with Gasteiger partial charge in [0, 0.05) is 32.0 Å². The number of likely N-dealkylation sites (N-methyl/N-ethyl adjacent to an activating group) is 1. The summed E-state index contributed by atoms with van der Waals surface area (Å²) in [4.78, 5) is 25.3. The van der Waals surface area contributed by atoms with E-state index < -0.39 is 5.60 Å². The quantitative estimate of drug-likeness (QED) is 0.594. The molecular weight excluding hydrogens is 270 g/mol. The Kier molecular flexibility index (Phi) is 7.11. The fourth-order valence-electron chi connectivity index (χ4n) is 2.75. The molecule has 2 amide bonds. The molecule has 1 fully saturated rings. The molecule has 1 aliphatic rings. The molecule has 0 aromatic carbocycles. The normalized spacial score (nSPS) is 18.5. The molecule has 1 rings (SSSR count). The third kappa shape index (κ3) is 7.43. The number of rotatable bonds is 8. The van der Waals surface area contributed by atoms with Crippen LogP contribution in [0.4, 0.5) is 0 Å². The Bertz CT molecular complexity index is 350. The zero-order valence-corrected chi connectivity index (χ0v) is 13.4. The number of nitrogens with zero attached hydrogens (tertiary/aromatic N) is 1. The van der Waals surface area contributed by atoms with Crippen LogP contribution in [0.1, 0.15) is 39.0 Å². The standard InChI is InChI=1S/C15H29N3O3/c1-15(21,11-18(2)3)10-17-13(19)8-9-16-14(20)12-6-4-5-7-12/h12,21H,4-11H2,1-3H3,(H,16,20)(H,17,19). The highest BCUT2D eigenvalue weighted by molar-refractivity contribution is 5.80. The largest absolute Gasteiger partial charge is 0.387 e. The molecule has 1 atom stereocenters. The summed E-state index contributed by atoms with van der Waals surface area (Å²) in [5, 5.41) is 15.6. The topological polar surface area (TPSA) is 81.7 Å². The first kappa shape index (κ1) is 17.9. The van der Waals surface area contributed by atoms with Crippen molar-refractivity contribution in [2.24, 2.45) is 5.92 Å². The summed E-state index contributed by atoms with van der Waals surface area (Å²) >= 11 is 0. The van der Waals surface area contributed by atoms with E-state index in [4.69, 9.17) is 0 Å². The zero-order chi connectivity index (χ0) is 15.9. The van der Waals surface area contributed by atoms with Crippen LogP contribution in [-0.4, -0.2) is 61.2 Å². The molecule has 6 nitrogen and oxygen atoms in total. The minimum atomic E-state index is -0.952. The summed E-state index contributed by atoms with van der Waals surface area (Å²) in [6.07, 6.45) is 4.42. The van der Waals surface area contributed by atoms with Crippen LogP contribution < -0.4 is 10.6 Å². The SMILES string of the molecule is CN(C)CC(C)(O)CNC(=O)CCNC(=O)C1CCCC1. The first-order chi connectivity index (χ1) is 9.80. The molecule has 122 valence electrons. The molecule has 0 bridgehead atoms. The van der Waals surface area contributed by atoms with Gasteiger partial charge in [0.05, 0.1) is 5.60 Å². The molecule has 0 aromatic heterocycles. The van der Waals surface area contributed by atoms with E-state index >= 15 is 0 Å². The van der Waals surface area contributed by atoms with Gasteiger partial charge in [0.2, 0.25) is 11.8 Å². The van der Waals surface area contributed by atoms with E-state index in [1.807, 2.05) is 19.0 Å². The number of aliphatic hydroxyl groups is 1. The average molecular weight is 299 g/mol. The number of nitrogens with one attached hydrogen (secondary N) is 2. The Balaban J connectivity index is 2.14. The van der Waals surface area contributed by atoms with Crippen molar-refractivity contribution >= 4 is 11.8 Å². The first-order valence-electron chi connectivity index (χ1n) is 7.72. The van der Waals surface area contributed by atoms with Gasteiger partial charge in [-0.1, -0.05) is 12.8 Å². The summed E-state index contributed by atoms with van der Waals surface area (Å²) in [6.45, 7) is 2.73. The van der Waals surface area contributed by atoms with Gasteiger partial charge < -0.3 is 20.6 Å². The lowest BCUT2D eigenvalue weighted by molar-refractivity contribution is -0.125. The molecule has 6 heteroatoms. The van der Waals surface area contributed by atoms with Crippen molar-refractivity contribution in [3.63, 3.8) is 0 Å².